The van der Waals surface area contributed by atoms with E-state index in [1.807, 2.05) is 24.3 Å². The second kappa shape index (κ2) is 12.4. The van der Waals surface area contributed by atoms with E-state index in [2.05, 4.69) is 31.4 Å². The molecule has 6 nitrogen and oxygen atoms in total. The Morgan fingerprint density at radius 2 is 1.82 bits per heavy atom. The summed E-state index contributed by atoms with van der Waals surface area (Å²) >= 11 is 16.6. The summed E-state index contributed by atoms with van der Waals surface area (Å²) in [5, 5.41) is 12.0. The van der Waals surface area contributed by atoms with Crippen LogP contribution in [0.2, 0.25) is 10.0 Å². The summed E-state index contributed by atoms with van der Waals surface area (Å²) < 4.78 is 48.1. The number of nitrogens with one attached hydrogen (secondary N) is 1. The average molecular weight is 646 g/mol. The van der Waals surface area contributed by atoms with Crippen molar-refractivity contribution in [2.45, 2.75) is 23.6 Å². The summed E-state index contributed by atoms with van der Waals surface area (Å²) in [7, 11) is 0. The number of rotatable bonds is 9. The molecule has 0 bridgehead atoms. The van der Waals surface area contributed by atoms with E-state index in [1.54, 1.807) is 6.07 Å². The minimum atomic E-state index is -4.52. The zero-order valence-corrected chi connectivity index (χ0v) is 23.2. The Kier molecular flexibility index (Phi) is 9.24. The molecule has 1 amide bonds. The quantitative estimate of drug-likeness (QED) is 0.193. The lowest BCUT2D eigenvalue weighted by Gasteiger charge is -2.14. The first kappa shape index (κ1) is 28.3. The van der Waals surface area contributed by atoms with Crippen LogP contribution in [0.3, 0.4) is 0 Å². The Balaban J connectivity index is 1.52. The summed E-state index contributed by atoms with van der Waals surface area (Å²) in [5.74, 6) is 0.552. The van der Waals surface area contributed by atoms with Gasteiger partial charge >= 0.3 is 6.18 Å². The summed E-state index contributed by atoms with van der Waals surface area (Å²) in [4.78, 5) is 12.4. The van der Waals surface area contributed by atoms with Crippen LogP contribution >= 0.6 is 50.9 Å². The maximum absolute atomic E-state index is 13.4. The largest absolute Gasteiger partial charge is 0.482 e. The Morgan fingerprint density at radius 1 is 1.05 bits per heavy atom. The molecular weight excluding hydrogens is 628 g/mol. The van der Waals surface area contributed by atoms with Gasteiger partial charge in [0.1, 0.15) is 5.75 Å². The highest BCUT2D eigenvalue weighted by Crippen LogP contribution is 2.32. The smallest absolute Gasteiger partial charge is 0.416 e. The highest BCUT2D eigenvalue weighted by atomic mass is 79.9. The lowest BCUT2D eigenvalue weighted by molar-refractivity contribution is -0.137. The van der Waals surface area contributed by atoms with E-state index in [0.29, 0.717) is 15.9 Å². The third-order valence-electron chi connectivity index (χ3n) is 5.11. The molecule has 0 saturated heterocycles. The molecule has 0 aliphatic heterocycles. The van der Waals surface area contributed by atoms with Crippen LogP contribution in [0.1, 0.15) is 17.0 Å². The van der Waals surface area contributed by atoms with Gasteiger partial charge in [0.05, 0.1) is 22.8 Å². The molecule has 1 N–H and O–H groups in total. The first-order chi connectivity index (χ1) is 18.1. The van der Waals surface area contributed by atoms with Crippen LogP contribution in [-0.2, 0) is 23.3 Å². The molecule has 0 radical (unpaired) electrons. The molecule has 0 atom stereocenters. The van der Waals surface area contributed by atoms with E-state index in [1.165, 1.54) is 40.6 Å². The zero-order valence-electron chi connectivity index (χ0n) is 19.3. The number of hydrogen-bond acceptors (Lipinski definition) is 5. The molecule has 0 aliphatic carbocycles. The van der Waals surface area contributed by atoms with E-state index in [-0.39, 0.29) is 35.4 Å². The summed E-state index contributed by atoms with van der Waals surface area (Å²) in [6.45, 7) is -0.442. The first-order valence-electron chi connectivity index (χ1n) is 10.9. The van der Waals surface area contributed by atoms with Crippen LogP contribution in [0.4, 0.5) is 13.2 Å². The molecule has 4 rings (SSSR count). The summed E-state index contributed by atoms with van der Waals surface area (Å²) in [5.41, 5.74) is 0.400. The van der Waals surface area contributed by atoms with Crippen molar-refractivity contribution in [3.63, 3.8) is 0 Å². The molecule has 3 aromatic carbocycles. The number of halogens is 6. The van der Waals surface area contributed by atoms with Gasteiger partial charge in [-0.2, -0.15) is 13.2 Å². The fraction of sp³-hybridized carbons (Fsp3) is 0.160. The Labute approximate surface area is 238 Å². The van der Waals surface area contributed by atoms with Gasteiger partial charge in [-0.25, -0.2) is 0 Å². The normalized spacial score (nSPS) is 11.4. The number of thioether (sulfide) groups is 1. The van der Waals surface area contributed by atoms with Crippen LogP contribution < -0.4 is 10.1 Å². The van der Waals surface area contributed by atoms with Gasteiger partial charge in [-0.1, -0.05) is 69.1 Å². The lowest BCUT2D eigenvalue weighted by atomic mass is 10.2. The number of hydrogen-bond donors (Lipinski definition) is 1. The molecule has 38 heavy (non-hydrogen) atoms. The predicted octanol–water partition coefficient (Wildman–Crippen LogP) is 7.34. The van der Waals surface area contributed by atoms with Crippen molar-refractivity contribution < 1.29 is 22.7 Å². The van der Waals surface area contributed by atoms with Gasteiger partial charge < -0.3 is 10.1 Å². The van der Waals surface area contributed by atoms with Crippen molar-refractivity contribution in [1.29, 1.82) is 0 Å². The maximum Gasteiger partial charge on any atom is 0.416 e. The van der Waals surface area contributed by atoms with Gasteiger partial charge in [0.15, 0.2) is 17.6 Å². The van der Waals surface area contributed by atoms with Crippen molar-refractivity contribution in [3.05, 3.63) is 98.2 Å². The number of carbonyl (C=O) groups excluding carboxylic acids is 1. The highest BCUT2D eigenvalue weighted by molar-refractivity contribution is 9.10. The van der Waals surface area contributed by atoms with Gasteiger partial charge in [-0.15, -0.1) is 10.2 Å². The number of ether oxygens (including phenoxy) is 1. The fourth-order valence-corrected chi connectivity index (χ4v) is 4.94. The topological polar surface area (TPSA) is 69.0 Å². The molecule has 198 valence electrons. The van der Waals surface area contributed by atoms with Gasteiger partial charge in [-0.05, 0) is 54.1 Å². The molecular formula is C25H18BrCl2F3N4O2S. The van der Waals surface area contributed by atoms with Crippen molar-refractivity contribution >= 4 is 56.8 Å². The highest BCUT2D eigenvalue weighted by Gasteiger charge is 2.31. The minimum Gasteiger partial charge on any atom is -0.482 e. The van der Waals surface area contributed by atoms with E-state index >= 15 is 0 Å². The standard InChI is InChI=1S/C25H18BrCl2F3N4O2S/c26-17-6-4-15(5-7-17)14-38-24-34-33-22(35(24)19-3-1-2-16(10-19)25(29,30)31)12-32-23(36)13-37-21-9-8-18(27)11-20(21)28/h1-11H,12-14H2,(H,32,36). The Hall–Kier alpha value is -2.73. The van der Waals surface area contributed by atoms with Crippen LogP contribution in [0.5, 0.6) is 5.75 Å². The van der Waals surface area contributed by atoms with E-state index < -0.39 is 17.6 Å². The number of alkyl halides is 3. The minimum absolute atomic E-state index is 0.0986. The fourth-order valence-electron chi connectivity index (χ4n) is 3.28. The molecule has 0 spiro atoms. The van der Waals surface area contributed by atoms with Gasteiger partial charge in [0.25, 0.3) is 5.91 Å². The number of aromatic nitrogens is 3. The Bertz CT molecular complexity index is 1440. The van der Waals surface area contributed by atoms with Gasteiger partial charge in [0, 0.05) is 15.2 Å². The van der Waals surface area contributed by atoms with Gasteiger partial charge in [-0.3, -0.25) is 9.36 Å². The predicted molar refractivity (Wildman–Crippen MR) is 144 cm³/mol. The molecule has 0 saturated carbocycles. The second-order valence-electron chi connectivity index (χ2n) is 7.84. The molecule has 0 aliphatic rings. The third-order valence-corrected chi connectivity index (χ3v) is 7.17. The maximum atomic E-state index is 13.4. The zero-order chi connectivity index (χ0) is 27.3. The molecule has 0 fully saturated rings. The van der Waals surface area contributed by atoms with Gasteiger partial charge in [0.2, 0.25) is 0 Å². The Morgan fingerprint density at radius 3 is 2.53 bits per heavy atom. The summed E-state index contributed by atoms with van der Waals surface area (Å²) in [6.07, 6.45) is -4.52. The number of carbonyl (C=O) groups is 1. The summed E-state index contributed by atoms with van der Waals surface area (Å²) in [6, 6.07) is 17.1. The van der Waals surface area contributed by atoms with Crippen molar-refractivity contribution in [2.24, 2.45) is 0 Å². The van der Waals surface area contributed by atoms with Crippen LogP contribution in [0, 0.1) is 0 Å². The molecule has 13 heteroatoms. The molecule has 0 unspecified atom stereocenters. The van der Waals surface area contributed by atoms with Crippen LogP contribution in [-0.4, -0.2) is 27.3 Å². The number of nitrogens with zero attached hydrogens (tertiary/aromatic N) is 3. The molecule has 1 aromatic heterocycles. The molecule has 4 aromatic rings. The van der Waals surface area contributed by atoms with Crippen LogP contribution in [0.25, 0.3) is 5.69 Å². The second-order valence-corrected chi connectivity index (χ2v) is 10.5. The number of amides is 1. The average Bonchev–Trinajstić information content (AvgIpc) is 3.29. The lowest BCUT2D eigenvalue weighted by Crippen LogP contribution is -2.29. The monoisotopic (exact) mass is 644 g/mol. The SMILES string of the molecule is O=C(COc1ccc(Cl)cc1Cl)NCc1nnc(SCc2ccc(Br)cc2)n1-c1cccc(C(F)(F)F)c1. The van der Waals surface area contributed by atoms with E-state index in [4.69, 9.17) is 27.9 Å². The van der Waals surface area contributed by atoms with Crippen molar-refractivity contribution in [3.8, 4) is 11.4 Å². The van der Waals surface area contributed by atoms with Crippen molar-refractivity contribution in [1.82, 2.24) is 20.1 Å². The van der Waals surface area contributed by atoms with Crippen LogP contribution in [0.15, 0.2) is 76.4 Å². The third kappa shape index (κ3) is 7.43. The van der Waals surface area contributed by atoms with Crippen molar-refractivity contribution in [2.75, 3.05) is 6.61 Å². The number of benzene rings is 3. The van der Waals surface area contributed by atoms with E-state index in [0.717, 1.165) is 22.2 Å². The first-order valence-corrected chi connectivity index (χ1v) is 13.5. The molecule has 1 heterocycles. The van der Waals surface area contributed by atoms with E-state index in [9.17, 15) is 18.0 Å².